The van der Waals surface area contributed by atoms with Crippen molar-refractivity contribution in [2.45, 2.75) is 44.6 Å². The number of nitrogens with two attached hydrogens (primary N) is 1. The SMILES string of the molecule is NC(CCN1CCC2CCCCC2C1)c1ccc(Br)cc1. The van der Waals surface area contributed by atoms with E-state index in [1.807, 2.05) is 0 Å². The molecule has 0 amide bonds. The molecule has 3 atom stereocenters. The Morgan fingerprint density at radius 1 is 1.10 bits per heavy atom. The average molecular weight is 351 g/mol. The van der Waals surface area contributed by atoms with Crippen LogP contribution in [0, 0.1) is 11.8 Å². The lowest BCUT2D eigenvalue weighted by molar-refractivity contribution is 0.0848. The van der Waals surface area contributed by atoms with Crippen LogP contribution in [0.25, 0.3) is 0 Å². The number of halogens is 1. The largest absolute Gasteiger partial charge is 0.324 e. The number of likely N-dealkylation sites (tertiary alicyclic amines) is 1. The van der Waals surface area contributed by atoms with Gasteiger partial charge in [-0.3, -0.25) is 0 Å². The first-order valence-electron chi connectivity index (χ1n) is 8.46. The maximum absolute atomic E-state index is 6.35. The van der Waals surface area contributed by atoms with Crippen LogP contribution in [0.3, 0.4) is 0 Å². The molecular formula is C18H27BrN2. The summed E-state index contributed by atoms with van der Waals surface area (Å²) in [5.41, 5.74) is 7.61. The van der Waals surface area contributed by atoms with Crippen LogP contribution in [0.5, 0.6) is 0 Å². The zero-order chi connectivity index (χ0) is 14.7. The van der Waals surface area contributed by atoms with Crippen LogP contribution in [-0.2, 0) is 0 Å². The number of benzene rings is 1. The van der Waals surface area contributed by atoms with Crippen LogP contribution >= 0.6 is 15.9 Å². The van der Waals surface area contributed by atoms with Crippen LogP contribution in [0.1, 0.15) is 50.1 Å². The summed E-state index contributed by atoms with van der Waals surface area (Å²) in [5, 5.41) is 0. The highest BCUT2D eigenvalue weighted by molar-refractivity contribution is 9.10. The number of hydrogen-bond acceptors (Lipinski definition) is 2. The molecule has 0 spiro atoms. The summed E-state index contributed by atoms with van der Waals surface area (Å²) >= 11 is 3.48. The molecule has 1 heterocycles. The average Bonchev–Trinajstić information content (AvgIpc) is 2.53. The van der Waals surface area contributed by atoms with Crippen LogP contribution in [0.4, 0.5) is 0 Å². The molecule has 1 saturated carbocycles. The van der Waals surface area contributed by atoms with Gasteiger partial charge in [0.05, 0.1) is 0 Å². The van der Waals surface area contributed by atoms with Gasteiger partial charge in [-0.1, -0.05) is 47.3 Å². The van der Waals surface area contributed by atoms with E-state index in [0.717, 1.165) is 29.3 Å². The summed E-state index contributed by atoms with van der Waals surface area (Å²) in [4.78, 5) is 2.66. The molecule has 3 rings (SSSR count). The summed E-state index contributed by atoms with van der Waals surface area (Å²) in [6, 6.07) is 8.62. The molecular weight excluding hydrogens is 324 g/mol. The lowest BCUT2D eigenvalue weighted by Crippen LogP contribution is -2.42. The predicted molar refractivity (Wildman–Crippen MR) is 92.2 cm³/mol. The summed E-state index contributed by atoms with van der Waals surface area (Å²) in [5.74, 6) is 1.99. The van der Waals surface area contributed by atoms with Crippen molar-refractivity contribution in [1.29, 1.82) is 0 Å². The van der Waals surface area contributed by atoms with Crippen molar-refractivity contribution in [3.05, 3.63) is 34.3 Å². The monoisotopic (exact) mass is 350 g/mol. The quantitative estimate of drug-likeness (QED) is 0.874. The molecule has 2 aliphatic rings. The van der Waals surface area contributed by atoms with E-state index in [1.54, 1.807) is 0 Å². The van der Waals surface area contributed by atoms with Crippen molar-refractivity contribution in [3.63, 3.8) is 0 Å². The van der Waals surface area contributed by atoms with E-state index in [0.29, 0.717) is 0 Å². The summed E-state index contributed by atoms with van der Waals surface area (Å²) in [6.45, 7) is 3.76. The highest BCUT2D eigenvalue weighted by Crippen LogP contribution is 2.36. The second-order valence-electron chi connectivity index (χ2n) is 6.84. The molecule has 2 nitrogen and oxygen atoms in total. The van der Waals surface area contributed by atoms with E-state index < -0.39 is 0 Å². The summed E-state index contributed by atoms with van der Waals surface area (Å²) < 4.78 is 1.12. The summed E-state index contributed by atoms with van der Waals surface area (Å²) in [6.07, 6.45) is 8.34. The maximum atomic E-state index is 6.35. The molecule has 1 aromatic carbocycles. The van der Waals surface area contributed by atoms with Gasteiger partial charge >= 0.3 is 0 Å². The lowest BCUT2D eigenvalue weighted by Gasteiger charge is -2.41. The molecule has 1 aromatic rings. The number of nitrogens with zero attached hydrogens (tertiary/aromatic N) is 1. The van der Waals surface area contributed by atoms with Gasteiger partial charge in [0.2, 0.25) is 0 Å². The molecule has 1 saturated heterocycles. The first-order chi connectivity index (χ1) is 10.2. The third kappa shape index (κ3) is 4.08. The highest BCUT2D eigenvalue weighted by atomic mass is 79.9. The molecule has 2 fully saturated rings. The fraction of sp³-hybridized carbons (Fsp3) is 0.667. The maximum Gasteiger partial charge on any atom is 0.0307 e. The van der Waals surface area contributed by atoms with Crippen LogP contribution in [0.2, 0.25) is 0 Å². The topological polar surface area (TPSA) is 29.3 Å². The van der Waals surface area contributed by atoms with Crippen molar-refractivity contribution >= 4 is 15.9 Å². The van der Waals surface area contributed by atoms with Gasteiger partial charge in [-0.2, -0.15) is 0 Å². The predicted octanol–water partition coefficient (Wildman–Crippen LogP) is 4.35. The Hall–Kier alpha value is -0.380. The molecule has 0 aromatic heterocycles. The smallest absolute Gasteiger partial charge is 0.0307 e. The Morgan fingerprint density at radius 2 is 1.81 bits per heavy atom. The molecule has 21 heavy (non-hydrogen) atoms. The minimum absolute atomic E-state index is 0.169. The van der Waals surface area contributed by atoms with E-state index >= 15 is 0 Å². The molecule has 1 aliphatic carbocycles. The van der Waals surface area contributed by atoms with E-state index in [9.17, 15) is 0 Å². The molecule has 0 radical (unpaired) electrons. The van der Waals surface area contributed by atoms with Crippen LogP contribution in [0.15, 0.2) is 28.7 Å². The fourth-order valence-electron chi connectivity index (χ4n) is 4.08. The third-order valence-corrected chi connectivity index (χ3v) is 5.96. The Bertz CT molecular complexity index is 445. The zero-order valence-electron chi connectivity index (χ0n) is 12.8. The lowest BCUT2D eigenvalue weighted by atomic mass is 9.75. The second kappa shape index (κ2) is 7.26. The molecule has 1 aliphatic heterocycles. The Morgan fingerprint density at radius 3 is 2.57 bits per heavy atom. The highest BCUT2D eigenvalue weighted by Gasteiger charge is 2.30. The van der Waals surface area contributed by atoms with Crippen molar-refractivity contribution in [2.24, 2.45) is 17.6 Å². The van der Waals surface area contributed by atoms with Crippen molar-refractivity contribution < 1.29 is 0 Å². The van der Waals surface area contributed by atoms with E-state index in [4.69, 9.17) is 5.73 Å². The van der Waals surface area contributed by atoms with E-state index in [-0.39, 0.29) is 6.04 Å². The first kappa shape index (κ1) is 15.5. The van der Waals surface area contributed by atoms with E-state index in [2.05, 4.69) is 45.1 Å². The fourth-order valence-corrected chi connectivity index (χ4v) is 4.34. The number of fused-ring (bicyclic) bond motifs is 1. The van der Waals surface area contributed by atoms with Crippen molar-refractivity contribution in [2.75, 3.05) is 19.6 Å². The zero-order valence-corrected chi connectivity index (χ0v) is 14.4. The van der Waals surface area contributed by atoms with Crippen LogP contribution < -0.4 is 5.73 Å². The molecule has 116 valence electrons. The van der Waals surface area contributed by atoms with Gasteiger partial charge in [0.1, 0.15) is 0 Å². The van der Waals surface area contributed by atoms with Crippen molar-refractivity contribution in [3.8, 4) is 0 Å². The molecule has 0 bridgehead atoms. The number of piperidine rings is 1. The van der Waals surface area contributed by atoms with Gasteiger partial charge < -0.3 is 10.6 Å². The van der Waals surface area contributed by atoms with E-state index in [1.165, 1.54) is 50.8 Å². The van der Waals surface area contributed by atoms with Gasteiger partial charge in [-0.05, 0) is 61.9 Å². The Balaban J connectivity index is 1.47. The minimum atomic E-state index is 0.169. The second-order valence-corrected chi connectivity index (χ2v) is 7.76. The molecule has 2 N–H and O–H groups in total. The number of hydrogen-bond donors (Lipinski definition) is 1. The normalized spacial score (nSPS) is 28.1. The van der Waals surface area contributed by atoms with Crippen LogP contribution in [-0.4, -0.2) is 24.5 Å². The standard InChI is InChI=1S/C18H27BrN2/c19-17-7-5-15(6-8-17)18(20)10-12-21-11-9-14-3-1-2-4-16(14)13-21/h5-8,14,16,18H,1-4,9-13,20H2. The Labute approximate surface area is 137 Å². The van der Waals surface area contributed by atoms with Gasteiger partial charge in [0, 0.05) is 17.1 Å². The van der Waals surface area contributed by atoms with Gasteiger partial charge in [0.25, 0.3) is 0 Å². The third-order valence-electron chi connectivity index (χ3n) is 5.43. The van der Waals surface area contributed by atoms with Gasteiger partial charge in [0.15, 0.2) is 0 Å². The van der Waals surface area contributed by atoms with Crippen molar-refractivity contribution in [1.82, 2.24) is 4.90 Å². The summed E-state index contributed by atoms with van der Waals surface area (Å²) in [7, 11) is 0. The number of rotatable bonds is 4. The Kier molecular flexibility index (Phi) is 5.36. The minimum Gasteiger partial charge on any atom is -0.324 e. The first-order valence-corrected chi connectivity index (χ1v) is 9.25. The molecule has 3 heteroatoms. The van der Waals surface area contributed by atoms with Gasteiger partial charge in [-0.25, -0.2) is 0 Å². The molecule has 3 unspecified atom stereocenters. The van der Waals surface area contributed by atoms with Gasteiger partial charge in [-0.15, -0.1) is 0 Å².